The monoisotopic (exact) mass is 409 g/mol. The summed E-state index contributed by atoms with van der Waals surface area (Å²) in [5.74, 6) is -3.29. The molecule has 0 saturated carbocycles. The Labute approximate surface area is 171 Å². The molecule has 0 fully saturated rings. The van der Waals surface area contributed by atoms with Gasteiger partial charge in [-0.05, 0) is 35.4 Å². The van der Waals surface area contributed by atoms with Crippen molar-refractivity contribution in [2.45, 2.75) is 6.61 Å². The molecule has 0 bridgehead atoms. The van der Waals surface area contributed by atoms with Crippen molar-refractivity contribution in [1.82, 2.24) is 5.32 Å². The lowest BCUT2D eigenvalue weighted by Gasteiger charge is -2.08. The first-order valence-electron chi connectivity index (χ1n) is 8.88. The molecule has 0 atom stereocenters. The van der Waals surface area contributed by atoms with Gasteiger partial charge in [0.15, 0.2) is 0 Å². The average molecular weight is 409 g/mol. The number of urea groups is 1. The maximum absolute atomic E-state index is 13.6. The van der Waals surface area contributed by atoms with Gasteiger partial charge in [0.2, 0.25) is 0 Å². The zero-order chi connectivity index (χ0) is 21.3. The molecule has 0 unspecified atom stereocenters. The first-order chi connectivity index (χ1) is 14.5. The second kappa shape index (κ2) is 9.92. The van der Waals surface area contributed by atoms with Gasteiger partial charge in [-0.25, -0.2) is 13.6 Å². The fourth-order valence-electron chi connectivity index (χ4n) is 2.48. The Morgan fingerprint density at radius 2 is 1.57 bits per heavy atom. The van der Waals surface area contributed by atoms with Gasteiger partial charge in [0, 0.05) is 5.69 Å². The molecule has 152 valence electrons. The van der Waals surface area contributed by atoms with E-state index in [1.54, 1.807) is 30.5 Å². The topological polar surface area (TPSA) is 79.8 Å². The first kappa shape index (κ1) is 20.7. The van der Waals surface area contributed by atoms with Crippen LogP contribution in [0.3, 0.4) is 0 Å². The molecule has 0 saturated heterocycles. The van der Waals surface area contributed by atoms with Crippen LogP contribution in [0.1, 0.15) is 21.5 Å². The highest BCUT2D eigenvalue weighted by molar-refractivity contribution is 6.08. The van der Waals surface area contributed by atoms with Crippen LogP contribution in [0, 0.1) is 11.6 Å². The van der Waals surface area contributed by atoms with Crippen molar-refractivity contribution in [2.75, 3.05) is 5.32 Å². The van der Waals surface area contributed by atoms with Crippen molar-refractivity contribution >= 4 is 23.8 Å². The van der Waals surface area contributed by atoms with E-state index in [0.29, 0.717) is 5.69 Å². The van der Waals surface area contributed by atoms with E-state index < -0.39 is 29.1 Å². The summed E-state index contributed by atoms with van der Waals surface area (Å²) >= 11 is 0. The molecule has 3 aromatic rings. The van der Waals surface area contributed by atoms with Crippen molar-refractivity contribution < 1.29 is 23.2 Å². The van der Waals surface area contributed by atoms with E-state index in [0.717, 1.165) is 29.3 Å². The van der Waals surface area contributed by atoms with Crippen LogP contribution in [0.15, 0.2) is 78.0 Å². The fraction of sp³-hybridized carbons (Fsp3) is 0.0455. The largest absolute Gasteiger partial charge is 0.391 e. The number of benzene rings is 3. The molecule has 8 heteroatoms. The lowest BCUT2D eigenvalue weighted by Crippen LogP contribution is -2.35. The number of carbonyl (C=O) groups is 2. The highest BCUT2D eigenvalue weighted by Crippen LogP contribution is 2.13. The Morgan fingerprint density at radius 1 is 0.900 bits per heavy atom. The maximum Gasteiger partial charge on any atom is 0.326 e. The normalized spacial score (nSPS) is 10.6. The Morgan fingerprint density at radius 3 is 2.23 bits per heavy atom. The summed E-state index contributed by atoms with van der Waals surface area (Å²) in [6.45, 7) is 0.223. The number of halogens is 2. The molecule has 0 aliphatic rings. The maximum atomic E-state index is 13.6. The van der Waals surface area contributed by atoms with E-state index in [1.165, 1.54) is 0 Å². The summed E-state index contributed by atoms with van der Waals surface area (Å²) in [4.78, 5) is 29.0. The lowest BCUT2D eigenvalue weighted by atomic mass is 10.2. The van der Waals surface area contributed by atoms with Gasteiger partial charge in [0.05, 0.1) is 6.21 Å². The van der Waals surface area contributed by atoms with E-state index in [-0.39, 0.29) is 6.61 Å². The minimum absolute atomic E-state index is 0.223. The Bertz CT molecular complexity index is 1030. The standard InChI is InChI=1S/C22H17F2N3O3/c23-18-7-4-8-19(24)20(18)21(28)27-22(29)26-17-11-9-16(10-12-17)14-30-25-13-15-5-2-1-3-6-15/h1-13H,14H2,(H2,26,27,28,29). The SMILES string of the molecule is O=C(NC(=O)c1c(F)cccc1F)Nc1ccc(CON=Cc2ccccc2)cc1. The Kier molecular flexibility index (Phi) is 6.83. The van der Waals surface area contributed by atoms with Gasteiger partial charge in [-0.2, -0.15) is 0 Å². The molecule has 0 aliphatic heterocycles. The summed E-state index contributed by atoms with van der Waals surface area (Å²) in [6, 6.07) is 18.1. The molecule has 0 aromatic heterocycles. The third kappa shape index (κ3) is 5.71. The van der Waals surface area contributed by atoms with Crippen LogP contribution in [-0.2, 0) is 11.4 Å². The second-order valence-electron chi connectivity index (χ2n) is 6.12. The number of nitrogens with one attached hydrogen (secondary N) is 2. The predicted octanol–water partition coefficient (Wildman–Crippen LogP) is 4.48. The van der Waals surface area contributed by atoms with Crippen molar-refractivity contribution in [1.29, 1.82) is 0 Å². The van der Waals surface area contributed by atoms with E-state index in [2.05, 4.69) is 10.5 Å². The van der Waals surface area contributed by atoms with Crippen LogP contribution in [-0.4, -0.2) is 18.2 Å². The third-order valence-electron chi connectivity index (χ3n) is 3.94. The van der Waals surface area contributed by atoms with Crippen molar-refractivity contribution in [3.8, 4) is 0 Å². The number of carbonyl (C=O) groups excluding carboxylic acids is 2. The van der Waals surface area contributed by atoms with E-state index >= 15 is 0 Å². The molecular weight excluding hydrogens is 392 g/mol. The second-order valence-corrected chi connectivity index (χ2v) is 6.12. The van der Waals surface area contributed by atoms with Gasteiger partial charge in [-0.1, -0.05) is 53.7 Å². The fourth-order valence-corrected chi connectivity index (χ4v) is 2.48. The average Bonchev–Trinajstić information content (AvgIpc) is 2.73. The number of anilines is 1. The van der Waals surface area contributed by atoms with Gasteiger partial charge in [-0.3, -0.25) is 10.1 Å². The molecule has 0 aliphatic carbocycles. The molecule has 0 radical (unpaired) electrons. The highest BCUT2D eigenvalue weighted by Gasteiger charge is 2.19. The zero-order valence-corrected chi connectivity index (χ0v) is 15.6. The quantitative estimate of drug-likeness (QED) is 0.465. The predicted molar refractivity (Wildman–Crippen MR) is 108 cm³/mol. The number of hydrogen-bond donors (Lipinski definition) is 2. The van der Waals surface area contributed by atoms with Gasteiger partial charge >= 0.3 is 6.03 Å². The van der Waals surface area contributed by atoms with Crippen molar-refractivity contribution in [3.63, 3.8) is 0 Å². The van der Waals surface area contributed by atoms with Crippen LogP contribution in [0.4, 0.5) is 19.3 Å². The number of oxime groups is 1. The lowest BCUT2D eigenvalue weighted by molar-refractivity contribution is 0.0959. The van der Waals surface area contributed by atoms with E-state index in [4.69, 9.17) is 4.84 Å². The number of amides is 3. The van der Waals surface area contributed by atoms with Crippen LogP contribution in [0.2, 0.25) is 0 Å². The molecule has 3 amide bonds. The number of imide groups is 1. The summed E-state index contributed by atoms with van der Waals surface area (Å²) in [5.41, 5.74) is 1.27. The van der Waals surface area contributed by atoms with E-state index in [1.807, 2.05) is 35.6 Å². The highest BCUT2D eigenvalue weighted by atomic mass is 19.1. The molecule has 0 spiro atoms. The van der Waals surface area contributed by atoms with Crippen LogP contribution >= 0.6 is 0 Å². The Balaban J connectivity index is 1.49. The van der Waals surface area contributed by atoms with Gasteiger partial charge < -0.3 is 10.2 Å². The van der Waals surface area contributed by atoms with Gasteiger partial charge in [-0.15, -0.1) is 0 Å². The number of hydrogen-bond acceptors (Lipinski definition) is 4. The molecule has 3 rings (SSSR count). The van der Waals surface area contributed by atoms with Gasteiger partial charge in [0.1, 0.15) is 23.8 Å². The van der Waals surface area contributed by atoms with Crippen LogP contribution in [0.5, 0.6) is 0 Å². The minimum atomic E-state index is -1.18. The molecule has 0 heterocycles. The van der Waals surface area contributed by atoms with Crippen molar-refractivity contribution in [2.24, 2.45) is 5.16 Å². The summed E-state index contributed by atoms with van der Waals surface area (Å²) in [5, 5.41) is 8.18. The molecule has 6 nitrogen and oxygen atoms in total. The summed E-state index contributed by atoms with van der Waals surface area (Å²) in [6.07, 6.45) is 1.59. The molecular formula is C22H17F2N3O3. The Hall–Kier alpha value is -4.07. The van der Waals surface area contributed by atoms with E-state index in [9.17, 15) is 18.4 Å². The van der Waals surface area contributed by atoms with Crippen LogP contribution < -0.4 is 10.6 Å². The number of nitrogens with zero attached hydrogens (tertiary/aromatic N) is 1. The molecule has 2 N–H and O–H groups in total. The smallest absolute Gasteiger partial charge is 0.326 e. The van der Waals surface area contributed by atoms with Crippen molar-refractivity contribution in [3.05, 3.63) is 101 Å². The summed E-state index contributed by atoms with van der Waals surface area (Å²) < 4.78 is 27.2. The minimum Gasteiger partial charge on any atom is -0.391 e. The first-order valence-corrected chi connectivity index (χ1v) is 8.88. The number of rotatable bonds is 6. The summed E-state index contributed by atoms with van der Waals surface area (Å²) in [7, 11) is 0. The zero-order valence-electron chi connectivity index (χ0n) is 15.6. The third-order valence-corrected chi connectivity index (χ3v) is 3.94. The van der Waals surface area contributed by atoms with Gasteiger partial charge in [0.25, 0.3) is 5.91 Å². The molecule has 3 aromatic carbocycles. The molecule has 30 heavy (non-hydrogen) atoms. The van der Waals surface area contributed by atoms with Crippen LogP contribution in [0.25, 0.3) is 0 Å².